The summed E-state index contributed by atoms with van der Waals surface area (Å²) in [5, 5.41) is 0. The fourth-order valence-corrected chi connectivity index (χ4v) is 4.36. The summed E-state index contributed by atoms with van der Waals surface area (Å²) in [6, 6.07) is 9.53. The summed E-state index contributed by atoms with van der Waals surface area (Å²) in [7, 11) is 1.91. The number of amides is 1. The average Bonchev–Trinajstić information content (AvgIpc) is 3.04. The highest BCUT2D eigenvalue weighted by molar-refractivity contribution is 9.11. The first-order valence-corrected chi connectivity index (χ1v) is 9.08. The van der Waals surface area contributed by atoms with Crippen LogP contribution in [0.25, 0.3) is 10.2 Å². The first kappa shape index (κ1) is 15.5. The molecule has 0 bridgehead atoms. The van der Waals surface area contributed by atoms with Crippen LogP contribution in [0.5, 0.6) is 5.75 Å². The van der Waals surface area contributed by atoms with Gasteiger partial charge in [0.2, 0.25) is 0 Å². The summed E-state index contributed by atoms with van der Waals surface area (Å²) < 4.78 is 9.41. The number of fused-ring (bicyclic) bond motifs is 1. The second-order valence-electron chi connectivity index (χ2n) is 4.53. The number of aromatic nitrogens is 1. The number of hydrogen-bond acceptors (Lipinski definition) is 4. The number of halogens is 1. The normalized spacial score (nSPS) is 12.0. The molecule has 2 heterocycles. The van der Waals surface area contributed by atoms with E-state index in [0.29, 0.717) is 16.3 Å². The Kier molecular flexibility index (Phi) is 4.46. The second-order valence-corrected chi connectivity index (χ2v) is 8.00. The van der Waals surface area contributed by atoms with Crippen molar-refractivity contribution in [2.24, 2.45) is 12.0 Å². The average molecular weight is 397 g/mol. The van der Waals surface area contributed by atoms with Crippen molar-refractivity contribution in [3.8, 4) is 5.75 Å². The molecule has 7 heteroatoms. The van der Waals surface area contributed by atoms with Gasteiger partial charge in [0.1, 0.15) is 5.75 Å². The van der Waals surface area contributed by atoms with Crippen LogP contribution in [0.3, 0.4) is 0 Å². The van der Waals surface area contributed by atoms with Gasteiger partial charge in [0, 0.05) is 7.05 Å². The molecule has 0 N–H and O–H groups in total. The quantitative estimate of drug-likeness (QED) is 0.665. The van der Waals surface area contributed by atoms with Crippen LogP contribution in [-0.4, -0.2) is 17.1 Å². The number of hydrogen-bond donors (Lipinski definition) is 0. The van der Waals surface area contributed by atoms with Gasteiger partial charge >= 0.3 is 0 Å². The highest BCUT2D eigenvalue weighted by atomic mass is 79.9. The molecule has 0 aliphatic rings. The Bertz CT molecular complexity index is 908. The fourth-order valence-electron chi connectivity index (χ4n) is 2.05. The molecule has 1 aromatic carbocycles. The van der Waals surface area contributed by atoms with E-state index < -0.39 is 0 Å². The Hall–Kier alpha value is -1.44. The molecule has 0 unspecified atom stereocenters. The molecule has 0 radical (unpaired) electrons. The number of carbonyl (C=O) groups is 1. The predicted molar refractivity (Wildman–Crippen MR) is 93.9 cm³/mol. The molecule has 3 aromatic rings. The lowest BCUT2D eigenvalue weighted by Crippen LogP contribution is -2.12. The summed E-state index contributed by atoms with van der Waals surface area (Å²) in [4.78, 5) is 17.8. The Morgan fingerprint density at radius 2 is 2.14 bits per heavy atom. The molecular formula is C15H13BrN2O2S2. The van der Waals surface area contributed by atoms with E-state index in [1.54, 1.807) is 6.07 Å². The lowest BCUT2D eigenvalue weighted by molar-refractivity contribution is 0.100. The van der Waals surface area contributed by atoms with Gasteiger partial charge in [-0.25, -0.2) is 0 Å². The third kappa shape index (κ3) is 3.02. The highest BCUT2D eigenvalue weighted by Gasteiger charge is 2.09. The minimum Gasteiger partial charge on any atom is -0.494 e. The van der Waals surface area contributed by atoms with Crippen molar-refractivity contribution in [3.63, 3.8) is 0 Å². The molecular weight excluding hydrogens is 384 g/mol. The number of carbonyl (C=O) groups excluding carboxylic acids is 1. The molecule has 3 rings (SSSR count). The molecule has 0 fully saturated rings. The zero-order valence-electron chi connectivity index (χ0n) is 12.0. The van der Waals surface area contributed by atoms with Crippen molar-refractivity contribution in [2.45, 2.75) is 6.92 Å². The van der Waals surface area contributed by atoms with Gasteiger partial charge in [-0.2, -0.15) is 4.99 Å². The van der Waals surface area contributed by atoms with Gasteiger partial charge in [-0.15, -0.1) is 11.3 Å². The maximum Gasteiger partial charge on any atom is 0.289 e. The van der Waals surface area contributed by atoms with E-state index in [2.05, 4.69) is 20.9 Å². The summed E-state index contributed by atoms with van der Waals surface area (Å²) >= 11 is 6.23. The van der Waals surface area contributed by atoms with Gasteiger partial charge in [0.25, 0.3) is 5.91 Å². The van der Waals surface area contributed by atoms with Crippen molar-refractivity contribution in [3.05, 3.63) is 43.8 Å². The lowest BCUT2D eigenvalue weighted by Gasteiger charge is -2.02. The Labute approximate surface area is 143 Å². The summed E-state index contributed by atoms with van der Waals surface area (Å²) in [6.07, 6.45) is 0. The third-order valence-corrected chi connectivity index (χ3v) is 5.78. The summed E-state index contributed by atoms with van der Waals surface area (Å²) in [5.74, 6) is 0.611. The fraction of sp³-hybridized carbons (Fsp3) is 0.200. The van der Waals surface area contributed by atoms with Crippen LogP contribution in [0.1, 0.15) is 16.6 Å². The van der Waals surface area contributed by atoms with E-state index in [4.69, 9.17) is 4.74 Å². The smallest absolute Gasteiger partial charge is 0.289 e. The van der Waals surface area contributed by atoms with E-state index in [1.807, 2.05) is 42.8 Å². The topological polar surface area (TPSA) is 43.6 Å². The van der Waals surface area contributed by atoms with Crippen molar-refractivity contribution < 1.29 is 9.53 Å². The Morgan fingerprint density at radius 3 is 2.82 bits per heavy atom. The molecule has 2 aromatic heterocycles. The molecule has 22 heavy (non-hydrogen) atoms. The van der Waals surface area contributed by atoms with Crippen LogP contribution in [0.2, 0.25) is 0 Å². The number of thiophene rings is 1. The lowest BCUT2D eigenvalue weighted by atomic mass is 10.3. The van der Waals surface area contributed by atoms with Gasteiger partial charge in [-0.3, -0.25) is 4.79 Å². The number of aryl methyl sites for hydroxylation is 1. The summed E-state index contributed by atoms with van der Waals surface area (Å²) in [6.45, 7) is 2.59. The highest BCUT2D eigenvalue weighted by Crippen LogP contribution is 2.24. The van der Waals surface area contributed by atoms with Gasteiger partial charge in [-0.1, -0.05) is 11.3 Å². The number of ether oxygens (including phenoxy) is 1. The van der Waals surface area contributed by atoms with Crippen LogP contribution < -0.4 is 9.54 Å². The first-order valence-electron chi connectivity index (χ1n) is 6.65. The second kappa shape index (κ2) is 6.36. The number of nitrogens with zero attached hydrogens (tertiary/aromatic N) is 2. The molecule has 0 spiro atoms. The van der Waals surface area contributed by atoms with Crippen molar-refractivity contribution in [2.75, 3.05) is 6.61 Å². The first-order chi connectivity index (χ1) is 10.6. The number of benzene rings is 1. The Balaban J connectivity index is 2.05. The molecule has 0 atom stereocenters. The molecule has 0 saturated carbocycles. The zero-order valence-corrected chi connectivity index (χ0v) is 15.2. The molecule has 1 amide bonds. The van der Waals surface area contributed by atoms with E-state index in [1.165, 1.54) is 22.7 Å². The van der Waals surface area contributed by atoms with Crippen molar-refractivity contribution >= 4 is 54.7 Å². The van der Waals surface area contributed by atoms with Crippen LogP contribution in [-0.2, 0) is 7.05 Å². The molecule has 114 valence electrons. The van der Waals surface area contributed by atoms with Gasteiger partial charge in [0.15, 0.2) is 4.80 Å². The van der Waals surface area contributed by atoms with Crippen LogP contribution >= 0.6 is 38.6 Å². The minimum absolute atomic E-state index is 0.220. The maximum absolute atomic E-state index is 12.2. The van der Waals surface area contributed by atoms with E-state index in [0.717, 1.165) is 19.8 Å². The molecule has 0 saturated heterocycles. The maximum atomic E-state index is 12.2. The molecule has 0 aliphatic carbocycles. The SMILES string of the molecule is CCOc1ccc2c(c1)sc(=NC(=O)c1ccc(Br)s1)n2C. The monoisotopic (exact) mass is 396 g/mol. The van der Waals surface area contributed by atoms with Gasteiger partial charge in [-0.05, 0) is 53.2 Å². The predicted octanol–water partition coefficient (Wildman–Crippen LogP) is 4.20. The van der Waals surface area contributed by atoms with Crippen LogP contribution in [0.15, 0.2) is 39.1 Å². The van der Waals surface area contributed by atoms with Crippen molar-refractivity contribution in [1.82, 2.24) is 4.57 Å². The van der Waals surface area contributed by atoms with Crippen molar-refractivity contribution in [1.29, 1.82) is 0 Å². The van der Waals surface area contributed by atoms with E-state index in [9.17, 15) is 4.79 Å². The standard InChI is InChI=1S/C15H13BrN2O2S2/c1-3-20-9-4-5-10-12(8-9)22-15(18(10)2)17-14(19)11-6-7-13(16)21-11/h4-8H,3H2,1-2H3. The molecule has 4 nitrogen and oxygen atoms in total. The van der Waals surface area contributed by atoms with E-state index >= 15 is 0 Å². The number of thiazole rings is 1. The largest absolute Gasteiger partial charge is 0.494 e. The van der Waals surface area contributed by atoms with Gasteiger partial charge in [0.05, 0.1) is 25.5 Å². The molecule has 0 aliphatic heterocycles. The summed E-state index contributed by atoms with van der Waals surface area (Å²) in [5.41, 5.74) is 1.03. The third-order valence-electron chi connectivity index (χ3n) is 3.07. The van der Waals surface area contributed by atoms with Crippen LogP contribution in [0.4, 0.5) is 0 Å². The number of rotatable bonds is 3. The van der Waals surface area contributed by atoms with Crippen LogP contribution in [0, 0.1) is 0 Å². The van der Waals surface area contributed by atoms with Gasteiger partial charge < -0.3 is 9.30 Å². The zero-order chi connectivity index (χ0) is 15.7. The minimum atomic E-state index is -0.220. The van der Waals surface area contributed by atoms with E-state index in [-0.39, 0.29) is 5.91 Å². The Morgan fingerprint density at radius 1 is 1.32 bits per heavy atom.